The Morgan fingerprint density at radius 3 is 2.69 bits per heavy atom. The molecule has 0 bridgehead atoms. The highest BCUT2D eigenvalue weighted by Crippen LogP contribution is 2.33. The van der Waals surface area contributed by atoms with E-state index in [1.807, 2.05) is 48.7 Å². The van der Waals surface area contributed by atoms with Gasteiger partial charge in [-0.1, -0.05) is 35.9 Å². The summed E-state index contributed by atoms with van der Waals surface area (Å²) in [5.74, 6) is 0.593. The third-order valence-corrected chi connectivity index (χ3v) is 5.65. The van der Waals surface area contributed by atoms with Crippen LogP contribution in [0, 0.1) is 13.8 Å². The topological polar surface area (TPSA) is 66.8 Å². The molecule has 2 heterocycles. The molecule has 0 saturated carbocycles. The number of benzene rings is 2. The van der Waals surface area contributed by atoms with Crippen LogP contribution < -0.4 is 9.47 Å². The Kier molecular flexibility index (Phi) is 6.32. The molecule has 0 radical (unpaired) electrons. The molecule has 1 aliphatic heterocycles. The highest BCUT2D eigenvalue weighted by atomic mass is 35.5. The second kappa shape index (κ2) is 9.32. The zero-order valence-corrected chi connectivity index (χ0v) is 18.5. The van der Waals surface area contributed by atoms with Gasteiger partial charge in [-0.3, -0.25) is 4.79 Å². The van der Waals surface area contributed by atoms with Gasteiger partial charge in [0.25, 0.3) is 0 Å². The lowest BCUT2D eigenvalue weighted by Gasteiger charge is -2.10. The number of halogens is 1. The monoisotopic (exact) mass is 451 g/mol. The Morgan fingerprint density at radius 2 is 1.88 bits per heavy atom. The van der Waals surface area contributed by atoms with Crippen LogP contribution in [0.5, 0.6) is 11.5 Å². The molecule has 0 saturated heterocycles. The van der Waals surface area contributed by atoms with Gasteiger partial charge in [0.1, 0.15) is 0 Å². The average molecular weight is 452 g/mol. The van der Waals surface area contributed by atoms with Crippen molar-refractivity contribution in [1.29, 1.82) is 0 Å². The molecule has 0 amide bonds. The summed E-state index contributed by atoms with van der Waals surface area (Å²) >= 11 is 6.06. The second-order valence-corrected chi connectivity index (χ2v) is 7.85. The predicted molar refractivity (Wildman–Crippen MR) is 121 cm³/mol. The van der Waals surface area contributed by atoms with Crippen LogP contribution in [-0.2, 0) is 16.1 Å². The summed E-state index contributed by atoms with van der Waals surface area (Å²) in [6, 6.07) is 14.8. The molecule has 0 aliphatic carbocycles. The van der Waals surface area contributed by atoms with Gasteiger partial charge in [0.15, 0.2) is 18.1 Å². The van der Waals surface area contributed by atoms with Crippen molar-refractivity contribution in [3.63, 3.8) is 0 Å². The number of hydrogen-bond donors (Lipinski definition) is 0. The van der Waals surface area contributed by atoms with E-state index in [1.54, 1.807) is 24.3 Å². The molecule has 0 atom stereocenters. The summed E-state index contributed by atoms with van der Waals surface area (Å²) in [5, 5.41) is 0.530. The van der Waals surface area contributed by atoms with Crippen molar-refractivity contribution >= 4 is 29.4 Å². The molecule has 3 aromatic rings. The number of ketones is 1. The van der Waals surface area contributed by atoms with E-state index in [-0.39, 0.29) is 19.2 Å². The number of fused-ring (bicyclic) bond motifs is 1. The minimum atomic E-state index is -0.604. The number of aromatic nitrogens is 1. The number of hydrogen-bond acceptors (Lipinski definition) is 5. The molecule has 0 spiro atoms. The van der Waals surface area contributed by atoms with Gasteiger partial charge in [0.2, 0.25) is 12.6 Å². The highest BCUT2D eigenvalue weighted by Gasteiger charge is 2.18. The normalized spacial score (nSPS) is 12.3. The molecule has 0 N–H and O–H groups in total. The summed E-state index contributed by atoms with van der Waals surface area (Å²) in [4.78, 5) is 24.7. The molecule has 4 rings (SSSR count). The fraction of sp³-hybridized carbons (Fsp3) is 0.200. The second-order valence-electron chi connectivity index (χ2n) is 7.44. The van der Waals surface area contributed by atoms with E-state index in [0.29, 0.717) is 22.7 Å². The third kappa shape index (κ3) is 4.70. The van der Waals surface area contributed by atoms with Gasteiger partial charge in [-0.15, -0.1) is 0 Å². The molecule has 32 heavy (non-hydrogen) atoms. The van der Waals surface area contributed by atoms with Crippen LogP contribution in [0.2, 0.25) is 5.02 Å². The SMILES string of the molecule is Cc1cc(C(=O)COC(=O)C=Cc2ccccc2Cl)c(C)n1Cc1ccc2c(c1)OCO2. The first-order valence-corrected chi connectivity index (χ1v) is 10.5. The quantitative estimate of drug-likeness (QED) is 0.288. The van der Waals surface area contributed by atoms with Crippen molar-refractivity contribution in [3.8, 4) is 11.5 Å². The lowest BCUT2D eigenvalue weighted by Crippen LogP contribution is -2.13. The standard InChI is InChI=1S/C25H22ClNO5/c1-16-11-20(17(2)27(16)13-18-7-9-23-24(12-18)32-15-31-23)22(28)14-30-25(29)10-8-19-5-3-4-6-21(19)26/h3-12H,13-15H2,1-2H3. The summed E-state index contributed by atoms with van der Waals surface area (Å²) in [6.07, 6.45) is 2.82. The minimum Gasteiger partial charge on any atom is -0.454 e. The predicted octanol–water partition coefficient (Wildman–Crippen LogP) is 4.97. The van der Waals surface area contributed by atoms with Crippen molar-refractivity contribution in [1.82, 2.24) is 4.57 Å². The van der Waals surface area contributed by atoms with Crippen LogP contribution in [0.3, 0.4) is 0 Å². The van der Waals surface area contributed by atoms with E-state index in [1.165, 1.54) is 6.08 Å². The molecule has 1 aliphatic rings. The van der Waals surface area contributed by atoms with Crippen LogP contribution in [0.15, 0.2) is 54.6 Å². The lowest BCUT2D eigenvalue weighted by atomic mass is 10.1. The average Bonchev–Trinajstić information content (AvgIpc) is 3.36. The van der Waals surface area contributed by atoms with E-state index < -0.39 is 5.97 Å². The fourth-order valence-electron chi connectivity index (χ4n) is 3.58. The summed E-state index contributed by atoms with van der Waals surface area (Å²) < 4.78 is 18.0. The largest absolute Gasteiger partial charge is 0.454 e. The smallest absolute Gasteiger partial charge is 0.331 e. The van der Waals surface area contributed by atoms with Crippen molar-refractivity contribution in [2.45, 2.75) is 20.4 Å². The molecule has 6 nitrogen and oxygen atoms in total. The number of Topliss-reactive ketones (excluding diaryl/α,β-unsaturated/α-hetero) is 1. The Balaban J connectivity index is 1.40. The molecular formula is C25H22ClNO5. The van der Waals surface area contributed by atoms with Gasteiger partial charge in [-0.05, 0) is 55.3 Å². The number of carbonyl (C=O) groups is 2. The maximum absolute atomic E-state index is 12.7. The molecule has 1 aromatic heterocycles. The van der Waals surface area contributed by atoms with E-state index in [2.05, 4.69) is 0 Å². The Bertz CT molecular complexity index is 1210. The highest BCUT2D eigenvalue weighted by molar-refractivity contribution is 6.32. The third-order valence-electron chi connectivity index (χ3n) is 5.30. The Hall–Kier alpha value is -3.51. The van der Waals surface area contributed by atoms with Gasteiger partial charge in [-0.25, -0.2) is 4.79 Å². The Morgan fingerprint density at radius 1 is 1.09 bits per heavy atom. The maximum atomic E-state index is 12.7. The molecule has 2 aromatic carbocycles. The van der Waals surface area contributed by atoms with E-state index in [9.17, 15) is 9.59 Å². The summed E-state index contributed by atoms with van der Waals surface area (Å²) in [6.45, 7) is 4.30. The number of rotatable bonds is 7. The van der Waals surface area contributed by atoms with E-state index >= 15 is 0 Å². The first-order valence-electron chi connectivity index (χ1n) is 10.1. The molecule has 0 fully saturated rings. The zero-order valence-electron chi connectivity index (χ0n) is 17.8. The summed E-state index contributed by atoms with van der Waals surface area (Å²) in [7, 11) is 0. The van der Waals surface area contributed by atoms with Crippen LogP contribution >= 0.6 is 11.6 Å². The van der Waals surface area contributed by atoms with Crippen LogP contribution in [0.25, 0.3) is 6.08 Å². The van der Waals surface area contributed by atoms with Crippen LogP contribution in [0.1, 0.15) is 32.9 Å². The number of carbonyl (C=O) groups excluding carboxylic acids is 2. The first-order chi connectivity index (χ1) is 15.4. The van der Waals surface area contributed by atoms with Crippen molar-refractivity contribution in [2.75, 3.05) is 13.4 Å². The first kappa shape index (κ1) is 21.7. The van der Waals surface area contributed by atoms with E-state index in [0.717, 1.165) is 28.5 Å². The number of aryl methyl sites for hydroxylation is 1. The zero-order chi connectivity index (χ0) is 22.7. The molecule has 7 heteroatoms. The van der Waals surface area contributed by atoms with Crippen LogP contribution in [-0.4, -0.2) is 29.7 Å². The number of nitrogens with zero attached hydrogens (tertiary/aromatic N) is 1. The van der Waals surface area contributed by atoms with Gasteiger partial charge in [-0.2, -0.15) is 0 Å². The Labute approximate surface area is 191 Å². The van der Waals surface area contributed by atoms with Crippen molar-refractivity contribution in [2.24, 2.45) is 0 Å². The molecule has 0 unspecified atom stereocenters. The van der Waals surface area contributed by atoms with E-state index in [4.69, 9.17) is 25.8 Å². The maximum Gasteiger partial charge on any atom is 0.331 e. The van der Waals surface area contributed by atoms with Gasteiger partial charge >= 0.3 is 5.97 Å². The van der Waals surface area contributed by atoms with Gasteiger partial charge in [0.05, 0.1) is 0 Å². The van der Waals surface area contributed by atoms with Crippen molar-refractivity contribution < 1.29 is 23.8 Å². The van der Waals surface area contributed by atoms with Crippen LogP contribution in [0.4, 0.5) is 0 Å². The molecular weight excluding hydrogens is 430 g/mol. The van der Waals surface area contributed by atoms with Crippen molar-refractivity contribution in [3.05, 3.63) is 87.7 Å². The van der Waals surface area contributed by atoms with Gasteiger partial charge in [0, 0.05) is 34.6 Å². The number of ether oxygens (including phenoxy) is 3. The number of esters is 1. The lowest BCUT2D eigenvalue weighted by molar-refractivity contribution is -0.136. The van der Waals surface area contributed by atoms with Gasteiger partial charge < -0.3 is 18.8 Å². The minimum absolute atomic E-state index is 0.227. The fourth-order valence-corrected chi connectivity index (χ4v) is 3.78. The molecule has 164 valence electrons. The summed E-state index contributed by atoms with van der Waals surface area (Å²) in [5.41, 5.74) is 4.02.